The van der Waals surface area contributed by atoms with Crippen LogP contribution in [0.25, 0.3) is 0 Å². The fourth-order valence-corrected chi connectivity index (χ4v) is 3.56. The molecule has 0 saturated heterocycles. The summed E-state index contributed by atoms with van der Waals surface area (Å²) in [5, 5.41) is 13.1. The van der Waals surface area contributed by atoms with Crippen LogP contribution in [0.2, 0.25) is 0 Å². The summed E-state index contributed by atoms with van der Waals surface area (Å²) in [4.78, 5) is 30.4. The molecule has 0 saturated carbocycles. The molecule has 0 radical (unpaired) electrons. The summed E-state index contributed by atoms with van der Waals surface area (Å²) in [5.41, 5.74) is 2.04. The predicted octanol–water partition coefficient (Wildman–Crippen LogP) is 4.94. The molecule has 8 heteroatoms. The van der Waals surface area contributed by atoms with E-state index in [-0.39, 0.29) is 16.6 Å². The Hall–Kier alpha value is -2.34. The Labute approximate surface area is 183 Å². The van der Waals surface area contributed by atoms with E-state index < -0.39 is 26.1 Å². The predicted molar refractivity (Wildman–Crippen MR) is 120 cm³/mol. The summed E-state index contributed by atoms with van der Waals surface area (Å²) in [6.45, 7) is 11.9. The largest absolute Gasteiger partial charge is 0.507 e. The summed E-state index contributed by atoms with van der Waals surface area (Å²) in [7, 11) is -4.42. The van der Waals surface area contributed by atoms with Gasteiger partial charge in [0.15, 0.2) is 6.10 Å². The Morgan fingerprint density at radius 1 is 0.968 bits per heavy atom. The molecule has 0 fully saturated rings. The smallest absolute Gasteiger partial charge is 0.408 e. The van der Waals surface area contributed by atoms with E-state index in [9.17, 15) is 14.5 Å². The first kappa shape index (κ1) is 24.9. The van der Waals surface area contributed by atoms with Gasteiger partial charge in [0.2, 0.25) is 0 Å². The first-order valence-electron chi connectivity index (χ1n) is 10.0. The Morgan fingerprint density at radius 2 is 1.45 bits per heavy atom. The Balaban J connectivity index is 2.60. The van der Waals surface area contributed by atoms with Crippen molar-refractivity contribution in [3.63, 3.8) is 0 Å². The molecule has 4 N–H and O–H groups in total. The number of hydrogen-bond acceptors (Lipinski definition) is 4. The first-order valence-corrected chi connectivity index (χ1v) is 11.8. The topological polar surface area (TPSA) is 116 Å². The fourth-order valence-electron chi connectivity index (χ4n) is 3.22. The molecule has 2 aromatic carbocycles. The highest BCUT2D eigenvalue weighted by atomic mass is 31.2. The van der Waals surface area contributed by atoms with E-state index in [2.05, 4.69) is 5.32 Å². The molecule has 31 heavy (non-hydrogen) atoms. The number of carbonyl (C=O) groups excluding carboxylic acids is 1. The van der Waals surface area contributed by atoms with Crippen LogP contribution in [0, 0.1) is 0 Å². The maximum atomic E-state index is 12.4. The maximum absolute atomic E-state index is 12.4. The number of rotatable bonds is 5. The van der Waals surface area contributed by atoms with Crippen LogP contribution in [0.3, 0.4) is 0 Å². The number of carbonyl (C=O) groups is 1. The molecule has 0 spiro atoms. The number of hydrogen-bond donors (Lipinski definition) is 4. The Kier molecular flexibility index (Phi) is 7.26. The second-order valence-electron chi connectivity index (χ2n) is 9.66. The van der Waals surface area contributed by atoms with Crippen LogP contribution >= 0.6 is 7.60 Å². The third kappa shape index (κ3) is 6.82. The van der Waals surface area contributed by atoms with Crippen LogP contribution in [0.15, 0.2) is 42.5 Å². The van der Waals surface area contributed by atoms with Crippen molar-refractivity contribution in [3.8, 4) is 5.75 Å². The van der Waals surface area contributed by atoms with Crippen LogP contribution in [0.4, 0.5) is 4.79 Å². The van der Waals surface area contributed by atoms with E-state index >= 15 is 0 Å². The van der Waals surface area contributed by atoms with E-state index in [4.69, 9.17) is 14.5 Å². The van der Waals surface area contributed by atoms with Gasteiger partial charge in [0, 0.05) is 0 Å². The zero-order valence-electron chi connectivity index (χ0n) is 18.8. The number of benzene rings is 2. The Morgan fingerprint density at radius 3 is 1.87 bits per heavy atom. The van der Waals surface area contributed by atoms with E-state index in [1.807, 2.05) is 71.9 Å². The highest BCUT2D eigenvalue weighted by Crippen LogP contribution is 2.42. The van der Waals surface area contributed by atoms with E-state index in [1.165, 1.54) is 0 Å². The zero-order valence-corrected chi connectivity index (χ0v) is 19.7. The average molecular weight is 449 g/mol. The van der Waals surface area contributed by atoms with Crippen LogP contribution < -0.4 is 5.32 Å². The number of phenols is 1. The number of ether oxygens (including phenoxy) is 1. The maximum Gasteiger partial charge on any atom is 0.408 e. The highest BCUT2D eigenvalue weighted by molar-refractivity contribution is 7.51. The van der Waals surface area contributed by atoms with Gasteiger partial charge in [-0.15, -0.1) is 0 Å². The quantitative estimate of drug-likeness (QED) is 0.481. The number of alkyl carbamates (subject to hydrolysis) is 1. The Bertz CT molecular complexity index is 935. The SMILES string of the molecule is CC(C)(C)c1cc(C(OC(=O)NCP(=O)(O)O)c2ccccc2)cc(C(C)(C)C)c1O. The van der Waals surface area contributed by atoms with E-state index in [1.54, 1.807) is 12.1 Å². The van der Waals surface area contributed by atoms with Crippen molar-refractivity contribution < 1.29 is 29.0 Å². The summed E-state index contributed by atoms with van der Waals surface area (Å²) in [6, 6.07) is 12.7. The minimum absolute atomic E-state index is 0.210. The highest BCUT2D eigenvalue weighted by Gasteiger charge is 2.30. The molecular formula is C23H32NO6P. The van der Waals surface area contributed by atoms with Gasteiger partial charge in [0.25, 0.3) is 0 Å². The minimum Gasteiger partial charge on any atom is -0.507 e. The van der Waals surface area contributed by atoms with Crippen molar-refractivity contribution >= 4 is 13.7 Å². The van der Waals surface area contributed by atoms with Gasteiger partial charge in [0.05, 0.1) is 0 Å². The molecule has 1 atom stereocenters. The van der Waals surface area contributed by atoms with Gasteiger partial charge in [-0.3, -0.25) is 4.57 Å². The molecule has 0 bridgehead atoms. The monoisotopic (exact) mass is 449 g/mol. The normalized spacial score (nSPS) is 13.5. The first-order chi connectivity index (χ1) is 14.1. The molecule has 0 aliphatic heterocycles. The molecular weight excluding hydrogens is 417 g/mol. The minimum atomic E-state index is -4.42. The van der Waals surface area contributed by atoms with Crippen LogP contribution in [-0.4, -0.2) is 27.3 Å². The number of nitrogens with one attached hydrogen (secondary N) is 1. The van der Waals surface area contributed by atoms with Crippen molar-refractivity contribution in [3.05, 3.63) is 64.7 Å². The lowest BCUT2D eigenvalue weighted by molar-refractivity contribution is 0.117. The lowest BCUT2D eigenvalue weighted by Crippen LogP contribution is -2.28. The van der Waals surface area contributed by atoms with Crippen molar-refractivity contribution in [1.82, 2.24) is 5.32 Å². The average Bonchev–Trinajstić information content (AvgIpc) is 2.63. The van der Waals surface area contributed by atoms with E-state index in [0.29, 0.717) is 11.1 Å². The molecule has 1 amide bonds. The zero-order chi connectivity index (χ0) is 23.6. The van der Waals surface area contributed by atoms with Gasteiger partial charge in [-0.25, -0.2) is 4.79 Å². The van der Waals surface area contributed by atoms with Gasteiger partial charge in [-0.1, -0.05) is 71.9 Å². The van der Waals surface area contributed by atoms with Crippen LogP contribution in [0.5, 0.6) is 5.75 Å². The molecule has 170 valence electrons. The summed E-state index contributed by atoms with van der Waals surface area (Å²) in [6.07, 6.45) is -2.59. The summed E-state index contributed by atoms with van der Waals surface area (Å²) in [5.74, 6) is 0.210. The molecule has 0 aliphatic carbocycles. The number of amides is 1. The van der Waals surface area contributed by atoms with Gasteiger partial charge in [-0.05, 0) is 45.2 Å². The molecule has 0 aromatic heterocycles. The molecule has 0 heterocycles. The third-order valence-corrected chi connectivity index (χ3v) is 5.38. The molecule has 0 aliphatic rings. The third-order valence-electron chi connectivity index (χ3n) is 4.81. The van der Waals surface area contributed by atoms with Crippen molar-refractivity contribution in [2.75, 3.05) is 6.29 Å². The summed E-state index contributed by atoms with van der Waals surface area (Å²) >= 11 is 0. The van der Waals surface area contributed by atoms with Gasteiger partial charge in [0.1, 0.15) is 12.0 Å². The molecule has 7 nitrogen and oxygen atoms in total. The van der Waals surface area contributed by atoms with Crippen molar-refractivity contribution in [2.24, 2.45) is 0 Å². The summed E-state index contributed by atoms with van der Waals surface area (Å²) < 4.78 is 16.7. The molecule has 1 unspecified atom stereocenters. The van der Waals surface area contributed by atoms with Crippen LogP contribution in [-0.2, 0) is 20.1 Å². The molecule has 2 aromatic rings. The van der Waals surface area contributed by atoms with Crippen molar-refractivity contribution in [1.29, 1.82) is 0 Å². The van der Waals surface area contributed by atoms with Crippen LogP contribution in [0.1, 0.15) is 69.9 Å². The van der Waals surface area contributed by atoms with Gasteiger partial charge >= 0.3 is 13.7 Å². The number of aromatic hydroxyl groups is 1. The lowest BCUT2D eigenvalue weighted by Gasteiger charge is -2.30. The fraction of sp³-hybridized carbons (Fsp3) is 0.435. The van der Waals surface area contributed by atoms with Gasteiger partial charge in [-0.2, -0.15) is 0 Å². The van der Waals surface area contributed by atoms with E-state index in [0.717, 1.165) is 11.1 Å². The van der Waals surface area contributed by atoms with Gasteiger partial charge < -0.3 is 24.9 Å². The van der Waals surface area contributed by atoms with Crippen molar-refractivity contribution in [2.45, 2.75) is 58.5 Å². The second kappa shape index (κ2) is 9.03. The molecule has 2 rings (SSSR count). The standard InChI is InChI=1S/C23H32NO6P/c1-22(2,3)17-12-16(13-18(19(17)25)23(4,5)6)20(15-10-8-7-9-11-15)30-21(26)24-14-31(27,28)29/h7-13,20,25H,14H2,1-6H3,(H,24,26)(H2,27,28,29). The lowest BCUT2D eigenvalue weighted by atomic mass is 9.77. The second-order valence-corrected chi connectivity index (χ2v) is 11.3. The number of phenolic OH excluding ortho intramolecular Hbond substituents is 1.